The maximum absolute atomic E-state index is 12.7. The molecule has 6 nitrogen and oxygen atoms in total. The minimum atomic E-state index is -0.217. The number of aromatic nitrogens is 2. The SMILES string of the molecule is COCCn1cc([C@H]2OCC[C@@H]2C(=O)N[C@@H](C)Cc2cccs2)cn1. The summed E-state index contributed by atoms with van der Waals surface area (Å²) in [6.45, 7) is 3.95. The summed E-state index contributed by atoms with van der Waals surface area (Å²) in [6, 6.07) is 4.25. The van der Waals surface area contributed by atoms with Crippen molar-refractivity contribution in [3.8, 4) is 0 Å². The molecule has 1 aliphatic heterocycles. The van der Waals surface area contributed by atoms with E-state index in [1.165, 1.54) is 4.88 Å². The summed E-state index contributed by atoms with van der Waals surface area (Å²) >= 11 is 1.72. The number of ether oxygens (including phenoxy) is 2. The van der Waals surface area contributed by atoms with E-state index in [0.29, 0.717) is 19.8 Å². The number of carbonyl (C=O) groups excluding carboxylic acids is 1. The molecule has 3 atom stereocenters. The van der Waals surface area contributed by atoms with E-state index in [9.17, 15) is 4.79 Å². The number of rotatable bonds is 8. The number of methoxy groups -OCH3 is 1. The summed E-state index contributed by atoms with van der Waals surface area (Å²) in [4.78, 5) is 14.0. The zero-order chi connectivity index (χ0) is 17.6. The molecule has 1 saturated heterocycles. The van der Waals surface area contributed by atoms with Gasteiger partial charge in [0, 0.05) is 42.8 Å². The molecule has 2 aromatic heterocycles. The number of amides is 1. The van der Waals surface area contributed by atoms with E-state index < -0.39 is 0 Å². The van der Waals surface area contributed by atoms with Gasteiger partial charge < -0.3 is 14.8 Å². The van der Waals surface area contributed by atoms with E-state index in [-0.39, 0.29) is 24.0 Å². The Morgan fingerprint density at radius 1 is 1.60 bits per heavy atom. The van der Waals surface area contributed by atoms with Gasteiger partial charge in [0.15, 0.2) is 0 Å². The van der Waals surface area contributed by atoms with Crippen molar-refractivity contribution < 1.29 is 14.3 Å². The zero-order valence-corrected chi connectivity index (χ0v) is 15.5. The molecule has 3 heterocycles. The molecule has 1 fully saturated rings. The first-order chi connectivity index (χ1) is 12.2. The Bertz CT molecular complexity index is 671. The van der Waals surface area contributed by atoms with Gasteiger partial charge in [0.2, 0.25) is 5.91 Å². The van der Waals surface area contributed by atoms with Crippen LogP contribution in [0.1, 0.15) is 29.9 Å². The maximum Gasteiger partial charge on any atom is 0.226 e. The van der Waals surface area contributed by atoms with E-state index in [0.717, 1.165) is 18.4 Å². The van der Waals surface area contributed by atoms with Crippen molar-refractivity contribution in [2.75, 3.05) is 20.3 Å². The standard InChI is InChI=1S/C18H25N3O3S/c1-13(10-15-4-3-9-25-15)20-18(22)16-5-7-24-17(16)14-11-19-21(12-14)6-8-23-2/h3-4,9,11-13,16-17H,5-8,10H2,1-2H3,(H,20,22)/t13-,16-,17+/m0/s1. The topological polar surface area (TPSA) is 65.4 Å². The highest BCUT2D eigenvalue weighted by atomic mass is 32.1. The van der Waals surface area contributed by atoms with Crippen molar-refractivity contribution in [2.24, 2.45) is 5.92 Å². The van der Waals surface area contributed by atoms with Crippen LogP contribution in [0.5, 0.6) is 0 Å². The van der Waals surface area contributed by atoms with E-state index in [4.69, 9.17) is 9.47 Å². The van der Waals surface area contributed by atoms with E-state index >= 15 is 0 Å². The van der Waals surface area contributed by atoms with Gasteiger partial charge in [-0.05, 0) is 24.8 Å². The van der Waals surface area contributed by atoms with Crippen molar-refractivity contribution in [3.05, 3.63) is 40.3 Å². The van der Waals surface area contributed by atoms with Gasteiger partial charge in [-0.1, -0.05) is 6.07 Å². The number of nitrogens with one attached hydrogen (secondary N) is 1. The van der Waals surface area contributed by atoms with Gasteiger partial charge >= 0.3 is 0 Å². The van der Waals surface area contributed by atoms with Crippen LogP contribution in [-0.2, 0) is 27.2 Å². The summed E-state index contributed by atoms with van der Waals surface area (Å²) in [6.07, 6.45) is 5.12. The zero-order valence-electron chi connectivity index (χ0n) is 14.7. The van der Waals surface area contributed by atoms with Gasteiger partial charge in [-0.25, -0.2) is 0 Å². The fourth-order valence-electron chi connectivity index (χ4n) is 3.15. The normalized spacial score (nSPS) is 21.4. The second-order valence-corrected chi connectivity index (χ2v) is 7.44. The highest BCUT2D eigenvalue weighted by Crippen LogP contribution is 2.34. The van der Waals surface area contributed by atoms with E-state index in [1.807, 2.05) is 23.9 Å². The molecule has 25 heavy (non-hydrogen) atoms. The molecule has 136 valence electrons. The molecule has 7 heteroatoms. The Kier molecular flexibility index (Phi) is 6.23. The minimum Gasteiger partial charge on any atom is -0.383 e. The maximum atomic E-state index is 12.7. The van der Waals surface area contributed by atoms with Crippen LogP contribution in [-0.4, -0.2) is 42.1 Å². The molecule has 3 rings (SSSR count). The van der Waals surface area contributed by atoms with Gasteiger partial charge in [-0.2, -0.15) is 5.10 Å². The van der Waals surface area contributed by atoms with Crippen LogP contribution in [0.3, 0.4) is 0 Å². The average Bonchev–Trinajstić information content (AvgIpc) is 3.33. The predicted molar refractivity (Wildman–Crippen MR) is 96.5 cm³/mol. The summed E-state index contributed by atoms with van der Waals surface area (Å²) in [7, 11) is 1.67. The molecule has 0 radical (unpaired) electrons. The molecular formula is C18H25N3O3S. The van der Waals surface area contributed by atoms with Gasteiger partial charge in [0.1, 0.15) is 0 Å². The Morgan fingerprint density at radius 3 is 3.24 bits per heavy atom. The second-order valence-electron chi connectivity index (χ2n) is 6.41. The Hall–Kier alpha value is -1.70. The third-order valence-corrected chi connectivity index (χ3v) is 5.31. The van der Waals surface area contributed by atoms with Crippen molar-refractivity contribution >= 4 is 17.2 Å². The predicted octanol–water partition coefficient (Wildman–Crippen LogP) is 2.42. The van der Waals surface area contributed by atoms with Crippen molar-refractivity contribution in [2.45, 2.75) is 38.5 Å². The Morgan fingerprint density at radius 2 is 2.48 bits per heavy atom. The lowest BCUT2D eigenvalue weighted by molar-refractivity contribution is -0.127. The average molecular weight is 363 g/mol. The van der Waals surface area contributed by atoms with Crippen molar-refractivity contribution in [3.63, 3.8) is 0 Å². The highest BCUT2D eigenvalue weighted by Gasteiger charge is 2.36. The number of hydrogen-bond acceptors (Lipinski definition) is 5. The molecule has 0 bridgehead atoms. The first-order valence-corrected chi connectivity index (χ1v) is 9.51. The van der Waals surface area contributed by atoms with Crippen molar-refractivity contribution in [1.29, 1.82) is 0 Å². The van der Waals surface area contributed by atoms with Gasteiger partial charge in [0.05, 0.1) is 31.4 Å². The molecule has 0 spiro atoms. The first-order valence-electron chi connectivity index (χ1n) is 8.63. The highest BCUT2D eigenvalue weighted by molar-refractivity contribution is 7.09. The second kappa shape index (κ2) is 8.60. The molecule has 1 amide bonds. The smallest absolute Gasteiger partial charge is 0.226 e. The number of thiophene rings is 1. The molecule has 0 unspecified atom stereocenters. The van der Waals surface area contributed by atoms with E-state index in [1.54, 1.807) is 24.6 Å². The third kappa shape index (κ3) is 4.68. The third-order valence-electron chi connectivity index (χ3n) is 4.41. The Labute approximate surface area is 152 Å². The first kappa shape index (κ1) is 18.1. The number of nitrogens with zero attached hydrogens (tertiary/aromatic N) is 2. The number of hydrogen-bond donors (Lipinski definition) is 1. The quantitative estimate of drug-likeness (QED) is 0.782. The molecular weight excluding hydrogens is 338 g/mol. The van der Waals surface area contributed by atoms with Crippen LogP contribution in [0.15, 0.2) is 29.9 Å². The molecule has 2 aromatic rings. The lowest BCUT2D eigenvalue weighted by Gasteiger charge is -2.20. The monoisotopic (exact) mass is 363 g/mol. The summed E-state index contributed by atoms with van der Waals surface area (Å²) in [5.41, 5.74) is 0.958. The van der Waals surface area contributed by atoms with Crippen LogP contribution >= 0.6 is 11.3 Å². The van der Waals surface area contributed by atoms with Crippen LogP contribution in [0.2, 0.25) is 0 Å². The van der Waals surface area contributed by atoms with Crippen LogP contribution < -0.4 is 5.32 Å². The van der Waals surface area contributed by atoms with Gasteiger partial charge in [-0.3, -0.25) is 9.48 Å². The molecule has 0 saturated carbocycles. The van der Waals surface area contributed by atoms with Crippen LogP contribution in [0.25, 0.3) is 0 Å². The van der Waals surface area contributed by atoms with E-state index in [2.05, 4.69) is 21.9 Å². The van der Waals surface area contributed by atoms with Crippen LogP contribution in [0, 0.1) is 5.92 Å². The van der Waals surface area contributed by atoms with Gasteiger partial charge in [-0.15, -0.1) is 11.3 Å². The fourth-order valence-corrected chi connectivity index (χ4v) is 3.99. The number of carbonyl (C=O) groups is 1. The minimum absolute atomic E-state index is 0.0659. The largest absolute Gasteiger partial charge is 0.383 e. The van der Waals surface area contributed by atoms with Crippen molar-refractivity contribution in [1.82, 2.24) is 15.1 Å². The lowest BCUT2D eigenvalue weighted by atomic mass is 9.96. The summed E-state index contributed by atoms with van der Waals surface area (Å²) in [5.74, 6) is -0.0953. The molecule has 1 aliphatic rings. The summed E-state index contributed by atoms with van der Waals surface area (Å²) < 4.78 is 12.7. The molecule has 0 aliphatic carbocycles. The molecule has 0 aromatic carbocycles. The van der Waals surface area contributed by atoms with Crippen LogP contribution in [0.4, 0.5) is 0 Å². The van der Waals surface area contributed by atoms with Gasteiger partial charge in [0.25, 0.3) is 0 Å². The fraction of sp³-hybridized carbons (Fsp3) is 0.556. The molecule has 1 N–H and O–H groups in total. The Balaban J connectivity index is 1.58. The lowest BCUT2D eigenvalue weighted by Crippen LogP contribution is -2.39. The summed E-state index contributed by atoms with van der Waals surface area (Å²) in [5, 5.41) is 9.53.